The number of hydrogen-bond donors (Lipinski definition) is 2. The Balaban J connectivity index is 1.55. The first-order valence-corrected chi connectivity index (χ1v) is 12.8. The minimum absolute atomic E-state index is 0.00786. The van der Waals surface area contributed by atoms with Crippen LogP contribution in [0.15, 0.2) is 58.2 Å². The molecule has 11 heteroatoms. The lowest BCUT2D eigenvalue weighted by Crippen LogP contribution is -2.43. The fourth-order valence-electron chi connectivity index (χ4n) is 3.99. The van der Waals surface area contributed by atoms with Crippen molar-refractivity contribution in [3.05, 3.63) is 70.1 Å². The highest BCUT2D eigenvalue weighted by atomic mass is 32.2. The van der Waals surface area contributed by atoms with Gasteiger partial charge in [0.15, 0.2) is 5.69 Å². The van der Waals surface area contributed by atoms with Gasteiger partial charge in [-0.2, -0.15) is 9.40 Å². The molecule has 0 bridgehead atoms. The van der Waals surface area contributed by atoms with Crippen LogP contribution in [0.2, 0.25) is 0 Å². The van der Waals surface area contributed by atoms with Gasteiger partial charge in [0.1, 0.15) is 0 Å². The number of carbonyl (C=O) groups excluding carboxylic acids is 2. The molecule has 0 unspecified atom stereocenters. The van der Waals surface area contributed by atoms with E-state index in [4.69, 9.17) is 0 Å². The Morgan fingerprint density at radius 2 is 1.63 bits per heavy atom. The highest BCUT2D eigenvalue weighted by molar-refractivity contribution is 7.89. The van der Waals surface area contributed by atoms with Gasteiger partial charge in [-0.15, -0.1) is 0 Å². The summed E-state index contributed by atoms with van der Waals surface area (Å²) in [6, 6.07) is 12.3. The van der Waals surface area contributed by atoms with E-state index in [0.717, 1.165) is 12.8 Å². The Morgan fingerprint density at radius 1 is 0.971 bits per heavy atom. The van der Waals surface area contributed by atoms with Crippen LogP contribution < -0.4 is 16.4 Å². The molecule has 184 valence electrons. The quantitative estimate of drug-likeness (QED) is 0.501. The lowest BCUT2D eigenvalue weighted by Gasteiger charge is -2.16. The van der Waals surface area contributed by atoms with Crippen molar-refractivity contribution in [3.8, 4) is 0 Å². The molecule has 0 aliphatic carbocycles. The molecular formula is C24H27N5O5S. The molecule has 2 amide bonds. The van der Waals surface area contributed by atoms with Crippen LogP contribution in [0, 0.1) is 5.92 Å². The zero-order valence-corrected chi connectivity index (χ0v) is 20.3. The average Bonchev–Trinajstić information content (AvgIpc) is 3.40. The highest BCUT2D eigenvalue weighted by Crippen LogP contribution is 2.21. The summed E-state index contributed by atoms with van der Waals surface area (Å²) in [5.41, 5.74) is 4.41. The van der Waals surface area contributed by atoms with Crippen LogP contribution in [0.5, 0.6) is 0 Å². The first kappa shape index (κ1) is 24.6. The summed E-state index contributed by atoms with van der Waals surface area (Å²) in [5, 5.41) is 4.95. The number of nitrogens with zero attached hydrogens (tertiary/aromatic N) is 3. The number of rotatable bonds is 6. The van der Waals surface area contributed by atoms with Crippen molar-refractivity contribution in [2.45, 2.75) is 38.1 Å². The Kier molecular flexibility index (Phi) is 6.99. The van der Waals surface area contributed by atoms with E-state index in [2.05, 4.69) is 16.0 Å². The van der Waals surface area contributed by atoms with E-state index in [1.165, 1.54) is 33.3 Å². The van der Waals surface area contributed by atoms with Crippen LogP contribution in [0.4, 0.5) is 0 Å². The van der Waals surface area contributed by atoms with Crippen LogP contribution in [0.25, 0.3) is 10.8 Å². The molecule has 10 nitrogen and oxygen atoms in total. The molecular weight excluding hydrogens is 470 g/mol. The number of hydrazine groups is 1. The molecule has 35 heavy (non-hydrogen) atoms. The second-order valence-corrected chi connectivity index (χ2v) is 10.8. The fraction of sp³-hybridized carbons (Fsp3) is 0.333. The van der Waals surface area contributed by atoms with E-state index in [0.29, 0.717) is 30.4 Å². The van der Waals surface area contributed by atoms with E-state index in [-0.39, 0.29) is 27.6 Å². The zero-order valence-electron chi connectivity index (χ0n) is 19.5. The second kappa shape index (κ2) is 9.96. The number of amides is 2. The van der Waals surface area contributed by atoms with E-state index >= 15 is 0 Å². The lowest BCUT2D eigenvalue weighted by molar-refractivity contribution is 0.0843. The number of carbonyl (C=O) groups is 2. The number of sulfonamides is 1. The molecule has 0 atom stereocenters. The largest absolute Gasteiger partial charge is 0.290 e. The molecule has 2 N–H and O–H groups in total. The Labute approximate surface area is 203 Å². The van der Waals surface area contributed by atoms with Gasteiger partial charge in [0.05, 0.1) is 10.3 Å². The molecule has 1 aromatic heterocycles. The lowest BCUT2D eigenvalue weighted by atomic mass is 10.1. The third-order valence-corrected chi connectivity index (χ3v) is 7.60. The number of fused-ring (bicyclic) bond motifs is 1. The molecule has 0 radical (unpaired) electrons. The van der Waals surface area contributed by atoms with E-state index < -0.39 is 21.8 Å². The maximum absolute atomic E-state index is 12.9. The molecule has 1 aliphatic heterocycles. The number of hydrogen-bond acceptors (Lipinski definition) is 6. The van der Waals surface area contributed by atoms with Gasteiger partial charge in [0.25, 0.3) is 17.4 Å². The Bertz CT molecular complexity index is 1440. The van der Waals surface area contributed by atoms with Crippen LogP contribution >= 0.6 is 0 Å². The maximum atomic E-state index is 12.9. The van der Waals surface area contributed by atoms with Crippen molar-refractivity contribution >= 4 is 32.6 Å². The standard InChI is InChI=1S/C24H27N5O5S/c1-16(2)15-29-24(32)20-11-4-3-10-19(20)21(27-29)23(31)26-25-22(30)17-8-7-9-18(14-17)35(33,34)28-12-5-6-13-28/h3-4,7-11,14,16H,5-6,12-13,15H2,1-2H3,(H,25,30)(H,26,31). The normalized spacial score (nSPS) is 14.4. The van der Waals surface area contributed by atoms with Crippen molar-refractivity contribution in [2.75, 3.05) is 13.1 Å². The van der Waals surface area contributed by atoms with E-state index in [9.17, 15) is 22.8 Å². The molecule has 0 saturated carbocycles. The predicted octanol–water partition coefficient (Wildman–Crippen LogP) is 1.91. The average molecular weight is 498 g/mol. The summed E-state index contributed by atoms with van der Waals surface area (Å²) in [6.07, 6.45) is 1.61. The monoisotopic (exact) mass is 497 g/mol. The predicted molar refractivity (Wildman–Crippen MR) is 130 cm³/mol. The summed E-state index contributed by atoms with van der Waals surface area (Å²) in [5.74, 6) is -1.26. The van der Waals surface area contributed by atoms with Crippen molar-refractivity contribution in [2.24, 2.45) is 5.92 Å². The second-order valence-electron chi connectivity index (χ2n) is 8.82. The molecule has 0 spiro atoms. The molecule has 1 saturated heterocycles. The Hall–Kier alpha value is -3.57. The maximum Gasteiger partial charge on any atom is 0.290 e. The van der Waals surface area contributed by atoms with Gasteiger partial charge >= 0.3 is 0 Å². The molecule has 3 aromatic rings. The van der Waals surface area contributed by atoms with Gasteiger partial charge in [-0.3, -0.25) is 25.2 Å². The van der Waals surface area contributed by atoms with Gasteiger partial charge < -0.3 is 0 Å². The van der Waals surface area contributed by atoms with Crippen LogP contribution in [-0.2, 0) is 16.6 Å². The molecule has 2 aromatic carbocycles. The smallest absolute Gasteiger partial charge is 0.267 e. The third-order valence-electron chi connectivity index (χ3n) is 5.71. The molecule has 1 fully saturated rings. The zero-order chi connectivity index (χ0) is 25.2. The van der Waals surface area contributed by atoms with E-state index in [1.807, 2.05) is 13.8 Å². The summed E-state index contributed by atoms with van der Waals surface area (Å²) in [6.45, 7) is 5.10. The van der Waals surface area contributed by atoms with Crippen LogP contribution in [0.3, 0.4) is 0 Å². The SMILES string of the molecule is CC(C)Cn1nc(C(=O)NNC(=O)c2cccc(S(=O)(=O)N3CCCC3)c2)c2ccccc2c1=O. The van der Waals surface area contributed by atoms with Gasteiger partial charge in [-0.25, -0.2) is 13.1 Å². The molecule has 1 aliphatic rings. The van der Waals surface area contributed by atoms with Gasteiger partial charge in [0, 0.05) is 30.6 Å². The highest BCUT2D eigenvalue weighted by Gasteiger charge is 2.27. The van der Waals surface area contributed by atoms with Crippen LogP contribution in [0.1, 0.15) is 47.5 Å². The molecule has 4 rings (SSSR count). The van der Waals surface area contributed by atoms with Gasteiger partial charge in [-0.05, 0) is 43.0 Å². The number of benzene rings is 2. The fourth-order valence-corrected chi connectivity index (χ4v) is 5.56. The van der Waals surface area contributed by atoms with Crippen LogP contribution in [-0.4, -0.2) is 47.4 Å². The van der Waals surface area contributed by atoms with Crippen molar-refractivity contribution in [1.82, 2.24) is 24.9 Å². The first-order valence-electron chi connectivity index (χ1n) is 11.4. The minimum atomic E-state index is -3.69. The minimum Gasteiger partial charge on any atom is -0.267 e. The van der Waals surface area contributed by atoms with Gasteiger partial charge in [0.2, 0.25) is 10.0 Å². The summed E-state index contributed by atoms with van der Waals surface area (Å²) >= 11 is 0. The summed E-state index contributed by atoms with van der Waals surface area (Å²) < 4.78 is 28.3. The first-order chi connectivity index (χ1) is 16.7. The third kappa shape index (κ3) is 5.10. The van der Waals surface area contributed by atoms with Crippen molar-refractivity contribution < 1.29 is 18.0 Å². The molecule has 2 heterocycles. The van der Waals surface area contributed by atoms with E-state index in [1.54, 1.807) is 24.3 Å². The van der Waals surface area contributed by atoms with Crippen molar-refractivity contribution in [3.63, 3.8) is 0 Å². The summed E-state index contributed by atoms with van der Waals surface area (Å²) in [4.78, 5) is 38.4. The number of aromatic nitrogens is 2. The van der Waals surface area contributed by atoms with Gasteiger partial charge in [-0.1, -0.05) is 38.1 Å². The number of nitrogens with one attached hydrogen (secondary N) is 2. The summed E-state index contributed by atoms with van der Waals surface area (Å²) in [7, 11) is -3.69. The van der Waals surface area contributed by atoms with Crippen molar-refractivity contribution in [1.29, 1.82) is 0 Å². The Morgan fingerprint density at radius 3 is 2.31 bits per heavy atom. The topological polar surface area (TPSA) is 130 Å².